The molecule has 0 spiro atoms. The van der Waals surface area contributed by atoms with Crippen LogP contribution in [0.25, 0.3) is 0 Å². The van der Waals surface area contributed by atoms with Gasteiger partial charge in [-0.1, -0.05) is 24.3 Å². The van der Waals surface area contributed by atoms with Crippen LogP contribution in [0.3, 0.4) is 0 Å². The highest BCUT2D eigenvalue weighted by Gasteiger charge is 2.66. The largest absolute Gasteiger partial charge is 0.462 e. The second-order valence-corrected chi connectivity index (χ2v) is 7.29. The highest BCUT2D eigenvalue weighted by atomic mass is 16.7. The van der Waals surface area contributed by atoms with Gasteiger partial charge in [0, 0.05) is 5.82 Å². The molecule has 0 bridgehead atoms. The van der Waals surface area contributed by atoms with E-state index < -0.39 is 0 Å². The molecular weight excluding hydrogens is 235 g/mol. The van der Waals surface area contributed by atoms with Crippen molar-refractivity contribution in [2.75, 3.05) is 0 Å². The average molecular weight is 256 g/mol. The van der Waals surface area contributed by atoms with Gasteiger partial charge in [0.15, 0.2) is 0 Å². The molecule has 0 N–H and O–H groups in total. The first-order valence-electron chi connectivity index (χ1n) is 7.34. The number of hydrogen-bond acceptors (Lipinski definition) is 2. The second-order valence-electron chi connectivity index (χ2n) is 7.29. The van der Waals surface area contributed by atoms with Crippen LogP contribution >= 0.6 is 0 Å². The van der Waals surface area contributed by atoms with E-state index in [2.05, 4.69) is 52.0 Å². The Morgan fingerprint density at radius 2 is 1.68 bits per heavy atom. The minimum absolute atomic E-state index is 0.0200. The third-order valence-electron chi connectivity index (χ3n) is 5.69. The fraction of sp³-hybridized carbons (Fsp3) is 0.625. The molecule has 1 aromatic rings. The lowest BCUT2D eigenvalue weighted by Crippen LogP contribution is -2.41. The molecule has 3 unspecified atom stereocenters. The van der Waals surface area contributed by atoms with Gasteiger partial charge in [0.2, 0.25) is 0 Å². The third kappa shape index (κ3) is 1.52. The number of fused-ring (bicyclic) bond motifs is 3. The van der Waals surface area contributed by atoms with Crippen LogP contribution in [-0.2, 0) is 15.7 Å². The Morgan fingerprint density at radius 1 is 1.05 bits per heavy atom. The van der Waals surface area contributed by atoms with E-state index in [1.54, 1.807) is 0 Å². The SMILES string of the molecule is CC1(C)OB(C2C3Cc4ccccc4C32)OC1(C)C. The molecule has 19 heavy (non-hydrogen) atoms. The van der Waals surface area contributed by atoms with E-state index in [0.29, 0.717) is 11.7 Å². The Kier molecular flexibility index (Phi) is 2.17. The van der Waals surface area contributed by atoms with Crippen molar-refractivity contribution in [2.24, 2.45) is 5.92 Å². The van der Waals surface area contributed by atoms with Gasteiger partial charge >= 0.3 is 7.12 Å². The number of rotatable bonds is 1. The van der Waals surface area contributed by atoms with Crippen molar-refractivity contribution in [1.82, 2.24) is 0 Å². The molecule has 3 aliphatic rings. The monoisotopic (exact) mass is 256 g/mol. The van der Waals surface area contributed by atoms with Crippen molar-refractivity contribution in [2.45, 2.75) is 57.1 Å². The van der Waals surface area contributed by atoms with E-state index >= 15 is 0 Å². The summed E-state index contributed by atoms with van der Waals surface area (Å²) in [4.78, 5) is 0. The van der Waals surface area contributed by atoms with E-state index in [-0.39, 0.29) is 18.3 Å². The Balaban J connectivity index is 1.57. The molecule has 0 amide bonds. The van der Waals surface area contributed by atoms with Gasteiger partial charge in [-0.25, -0.2) is 0 Å². The first-order chi connectivity index (χ1) is 8.91. The Labute approximate surface area is 115 Å². The standard InChI is InChI=1S/C16H21BO2/c1-15(2)16(3,4)19-17(18-15)14-12-9-10-7-5-6-8-11(10)13(12)14/h5-8,12-14H,9H2,1-4H3. The highest BCUT2D eigenvalue weighted by molar-refractivity contribution is 6.49. The van der Waals surface area contributed by atoms with E-state index in [9.17, 15) is 0 Å². The topological polar surface area (TPSA) is 18.5 Å². The zero-order valence-electron chi connectivity index (χ0n) is 12.1. The van der Waals surface area contributed by atoms with Gasteiger partial charge in [-0.2, -0.15) is 0 Å². The van der Waals surface area contributed by atoms with Crippen LogP contribution in [0, 0.1) is 5.92 Å². The van der Waals surface area contributed by atoms with E-state index in [1.807, 2.05) is 0 Å². The van der Waals surface area contributed by atoms with Gasteiger partial charge in [0.25, 0.3) is 0 Å². The Bertz CT molecular complexity index is 521. The molecule has 1 aromatic carbocycles. The molecule has 1 aliphatic heterocycles. The van der Waals surface area contributed by atoms with Crippen molar-refractivity contribution >= 4 is 7.12 Å². The lowest BCUT2D eigenvalue weighted by Gasteiger charge is -2.32. The summed E-state index contributed by atoms with van der Waals surface area (Å²) in [6.45, 7) is 8.55. The van der Waals surface area contributed by atoms with Crippen LogP contribution in [0.2, 0.25) is 5.82 Å². The summed E-state index contributed by atoms with van der Waals surface area (Å²) in [6, 6.07) is 8.85. The van der Waals surface area contributed by atoms with E-state index in [4.69, 9.17) is 9.31 Å². The quantitative estimate of drug-likeness (QED) is 0.717. The van der Waals surface area contributed by atoms with Gasteiger partial charge in [-0.3, -0.25) is 0 Å². The molecule has 0 aromatic heterocycles. The average Bonchev–Trinajstić information content (AvgIpc) is 2.82. The maximum atomic E-state index is 6.22. The van der Waals surface area contributed by atoms with Crippen molar-refractivity contribution in [3.05, 3.63) is 35.4 Å². The molecular formula is C16H21BO2. The predicted molar refractivity (Wildman–Crippen MR) is 76.2 cm³/mol. The van der Waals surface area contributed by atoms with Crippen LogP contribution in [0.4, 0.5) is 0 Å². The molecule has 4 rings (SSSR count). The smallest absolute Gasteiger partial charge is 0.403 e. The van der Waals surface area contributed by atoms with Gasteiger partial charge in [-0.15, -0.1) is 0 Å². The van der Waals surface area contributed by atoms with Crippen molar-refractivity contribution in [3.8, 4) is 0 Å². The van der Waals surface area contributed by atoms with Crippen LogP contribution in [0.1, 0.15) is 44.7 Å². The first kappa shape index (κ1) is 12.0. The maximum absolute atomic E-state index is 6.22. The van der Waals surface area contributed by atoms with Crippen molar-refractivity contribution in [3.63, 3.8) is 0 Å². The summed E-state index contributed by atoms with van der Waals surface area (Å²) >= 11 is 0. The van der Waals surface area contributed by atoms with Crippen LogP contribution in [0.15, 0.2) is 24.3 Å². The minimum Gasteiger partial charge on any atom is -0.403 e. The highest BCUT2D eigenvalue weighted by Crippen LogP contribution is 2.68. The zero-order chi connectivity index (χ0) is 13.4. The normalized spacial score (nSPS) is 37.1. The summed E-state index contributed by atoms with van der Waals surface area (Å²) in [5, 5.41) is 0. The van der Waals surface area contributed by atoms with E-state index in [0.717, 1.165) is 5.92 Å². The summed E-state index contributed by atoms with van der Waals surface area (Å²) in [7, 11) is -0.0200. The summed E-state index contributed by atoms with van der Waals surface area (Å²) in [5.74, 6) is 1.98. The lowest BCUT2D eigenvalue weighted by atomic mass is 9.76. The molecule has 3 atom stereocenters. The molecule has 0 radical (unpaired) electrons. The summed E-state index contributed by atoms with van der Waals surface area (Å²) < 4.78 is 12.4. The van der Waals surface area contributed by atoms with Gasteiger partial charge in [0.1, 0.15) is 0 Å². The zero-order valence-corrected chi connectivity index (χ0v) is 12.1. The van der Waals surface area contributed by atoms with E-state index in [1.165, 1.54) is 17.5 Å². The van der Waals surface area contributed by atoms with Gasteiger partial charge < -0.3 is 9.31 Å². The van der Waals surface area contributed by atoms with Crippen molar-refractivity contribution in [1.29, 1.82) is 0 Å². The fourth-order valence-electron chi connectivity index (χ4n) is 3.82. The van der Waals surface area contributed by atoms with Crippen LogP contribution in [-0.4, -0.2) is 18.3 Å². The molecule has 2 aliphatic carbocycles. The Morgan fingerprint density at radius 3 is 2.37 bits per heavy atom. The fourth-order valence-corrected chi connectivity index (χ4v) is 3.82. The Hall–Kier alpha value is -0.795. The van der Waals surface area contributed by atoms with Crippen LogP contribution in [0.5, 0.6) is 0 Å². The summed E-state index contributed by atoms with van der Waals surface area (Å²) in [6.07, 6.45) is 1.20. The summed E-state index contributed by atoms with van der Waals surface area (Å²) in [5.41, 5.74) is 2.67. The second kappa shape index (κ2) is 3.45. The lowest BCUT2D eigenvalue weighted by molar-refractivity contribution is 0.00578. The van der Waals surface area contributed by atoms with Gasteiger partial charge in [-0.05, 0) is 57.1 Å². The van der Waals surface area contributed by atoms with Crippen molar-refractivity contribution < 1.29 is 9.31 Å². The molecule has 1 saturated carbocycles. The molecule has 3 heteroatoms. The molecule has 1 saturated heterocycles. The van der Waals surface area contributed by atoms with Crippen LogP contribution < -0.4 is 0 Å². The minimum atomic E-state index is -0.200. The van der Waals surface area contributed by atoms with Gasteiger partial charge in [0.05, 0.1) is 11.2 Å². The first-order valence-corrected chi connectivity index (χ1v) is 7.34. The third-order valence-corrected chi connectivity index (χ3v) is 5.69. The predicted octanol–water partition coefficient (Wildman–Crippen LogP) is 3.42. The molecule has 2 fully saturated rings. The maximum Gasteiger partial charge on any atom is 0.462 e. The molecule has 1 heterocycles. The molecule has 2 nitrogen and oxygen atoms in total. The number of benzene rings is 1. The number of hydrogen-bond donors (Lipinski definition) is 0. The molecule has 100 valence electrons.